The number of fused-ring (bicyclic) bond motifs is 8. The molecule has 23 nitrogen and oxygen atoms in total. The third kappa shape index (κ3) is 25.1. The Morgan fingerprint density at radius 1 is 0.323 bits per heavy atom. The molecular formula is C100H142Cl5N11O12S5. The maximum absolute atomic E-state index is 12.1. The van der Waals surface area contributed by atoms with Gasteiger partial charge in [-0.2, -0.15) is 0 Å². The number of hydrogen-bond acceptors (Lipinski definition) is 22. The van der Waals surface area contributed by atoms with Crippen LogP contribution in [0, 0.1) is 93.8 Å². The number of likely N-dealkylation sites (tertiary alicyclic amines) is 1. The molecule has 6 saturated carbocycles. The molecule has 0 N–H and O–H groups in total. The standard InChI is InChI=1S/C20H30ClN3O4S.C20H29ClN2O2S.2C20H27ClN2O2S.C20H29ClN2O2S/c1-4-28-20(25)24-7-5-16(6-8-24)22-9-11-23(12-10-22)18-14-19(29(3,26)27)15(2)13-17(18)21;1-14-11-17(21)19(13-20(14)26(2,24)25)23-9-7-22(8-10-23)18-6-4-15-3-5-16(18)12-15;2*1-14-9-18(21)19(12-20(14)26(2,24)25)23-7-5-22(6-8-23)13-17-11-15-3-4-16(17)10-15;1-14-9-18(21)19(13-20(14)26(2,24)25)23-7-5-22(6-8-23)17-11-15-3-4-16(10-15)12-17/h13-14,16H,4-12H2,1-3H3;11,13,15-16,18H,3-10,12H2,1-2H3;2*3-4,9,12,15-17H,5-8,10-11,13H2,1-2H3;9,13,15-17H,3-8,10-12H2,1-2H3/t;;2*15-,16+,17-;/m..00./s1. The van der Waals surface area contributed by atoms with Crippen molar-refractivity contribution in [2.24, 2.45) is 59.2 Å². The van der Waals surface area contributed by atoms with Crippen LogP contribution in [-0.4, -0.2) is 291 Å². The fraction of sp³-hybridized carbons (Fsp3) is 0.650. The van der Waals surface area contributed by atoms with Gasteiger partial charge >= 0.3 is 6.09 Å². The summed E-state index contributed by atoms with van der Waals surface area (Å²) >= 11 is 32.3. The van der Waals surface area contributed by atoms with Crippen molar-refractivity contribution in [2.75, 3.05) is 219 Å². The van der Waals surface area contributed by atoms with E-state index in [0.29, 0.717) is 78.9 Å². The molecule has 6 aliphatic heterocycles. The summed E-state index contributed by atoms with van der Waals surface area (Å²) in [7, 11) is -16.3. The number of allylic oxidation sites excluding steroid dienone is 4. The number of piperidine rings is 1. The number of aryl methyl sites for hydroxylation is 5. The van der Waals surface area contributed by atoms with Gasteiger partial charge in [0.05, 0.1) is 84.6 Å². The zero-order valence-electron chi connectivity index (χ0n) is 79.8. The Morgan fingerprint density at radius 3 is 0.925 bits per heavy atom. The lowest BCUT2D eigenvalue weighted by Gasteiger charge is -2.44. The van der Waals surface area contributed by atoms with Crippen molar-refractivity contribution >= 4 is 142 Å². The second-order valence-corrected chi connectivity index (χ2v) is 53.1. The van der Waals surface area contributed by atoms with Crippen molar-refractivity contribution in [3.63, 3.8) is 0 Å². The van der Waals surface area contributed by atoms with Crippen LogP contribution in [0.1, 0.15) is 137 Å². The molecule has 0 spiro atoms. The lowest BCUT2D eigenvalue weighted by Crippen LogP contribution is -2.54. The summed E-state index contributed by atoms with van der Waals surface area (Å²) in [6, 6.07) is 19.6. The number of anilines is 5. The van der Waals surface area contributed by atoms with E-state index in [1.807, 2.05) is 13.8 Å². The number of carbonyl (C=O) groups excluding carboxylic acids is 1. The molecule has 133 heavy (non-hydrogen) atoms. The topological polar surface area (TPSA) is 233 Å². The first-order chi connectivity index (χ1) is 63.0. The number of ether oxygens (including phenoxy) is 1. The Bertz CT molecular complexity index is 5520. The van der Waals surface area contributed by atoms with E-state index in [9.17, 15) is 46.9 Å². The fourth-order valence-corrected chi connectivity index (χ4v) is 31.4. The molecule has 33 heteroatoms. The zero-order chi connectivity index (χ0) is 95.1. The van der Waals surface area contributed by atoms with Crippen LogP contribution in [-0.2, 0) is 53.9 Å². The molecule has 0 radical (unpaired) electrons. The van der Waals surface area contributed by atoms with Gasteiger partial charge in [0, 0.05) is 206 Å². The summed E-state index contributed by atoms with van der Waals surface area (Å²) < 4.78 is 126. The fourth-order valence-electron chi connectivity index (χ4n) is 24.8. The van der Waals surface area contributed by atoms with E-state index in [2.05, 4.69) is 73.3 Å². The monoisotopic (exact) mass is 2020 g/mol. The van der Waals surface area contributed by atoms with Crippen molar-refractivity contribution in [3.8, 4) is 0 Å². The molecule has 14 aliphatic rings. The highest BCUT2D eigenvalue weighted by Gasteiger charge is 2.44. The molecule has 11 atom stereocenters. The van der Waals surface area contributed by atoms with Crippen LogP contribution >= 0.6 is 58.0 Å². The van der Waals surface area contributed by atoms with Crippen LogP contribution in [0.3, 0.4) is 0 Å². The van der Waals surface area contributed by atoms with E-state index in [-0.39, 0.29) is 6.09 Å². The largest absolute Gasteiger partial charge is 0.450 e. The number of piperazine rings is 5. The van der Waals surface area contributed by atoms with Gasteiger partial charge < -0.3 is 34.1 Å². The van der Waals surface area contributed by atoms with Crippen LogP contribution in [0.25, 0.3) is 0 Å². The summed E-state index contributed by atoms with van der Waals surface area (Å²) in [6.45, 7) is 33.9. The summed E-state index contributed by atoms with van der Waals surface area (Å²) in [6.07, 6.45) is 37.2. The average Bonchev–Trinajstić information content (AvgIpc) is 1.72. The molecule has 8 bridgehead atoms. The minimum atomic E-state index is -3.29. The summed E-state index contributed by atoms with van der Waals surface area (Å²) in [5, 5.41) is 3.17. The molecule has 0 aromatic heterocycles. The minimum Gasteiger partial charge on any atom is -0.450 e. The molecule has 5 unspecified atom stereocenters. The molecule has 734 valence electrons. The van der Waals surface area contributed by atoms with Gasteiger partial charge in [-0.1, -0.05) is 102 Å². The van der Waals surface area contributed by atoms with Crippen LogP contribution in [0.5, 0.6) is 0 Å². The number of halogens is 5. The second kappa shape index (κ2) is 43.1. The van der Waals surface area contributed by atoms with E-state index in [1.54, 1.807) is 93.3 Å². The number of benzene rings is 5. The van der Waals surface area contributed by atoms with E-state index >= 15 is 0 Å². The second-order valence-electron chi connectivity index (χ2n) is 41.1. The number of carbonyl (C=O) groups is 1. The van der Waals surface area contributed by atoms with Crippen molar-refractivity contribution < 1.29 is 51.6 Å². The van der Waals surface area contributed by atoms with Gasteiger partial charge in [-0.25, -0.2) is 46.9 Å². The minimum absolute atomic E-state index is 0.216. The molecule has 8 aliphatic carbocycles. The first-order valence-corrected chi connectivity index (χ1v) is 60.0. The van der Waals surface area contributed by atoms with Crippen LogP contribution in [0.4, 0.5) is 33.2 Å². The van der Waals surface area contributed by atoms with E-state index in [4.69, 9.17) is 62.7 Å². The third-order valence-electron chi connectivity index (χ3n) is 31.8. The number of hydrogen-bond donors (Lipinski definition) is 0. The number of rotatable bonds is 18. The quantitative estimate of drug-likeness (QED) is 0.0742. The number of amides is 1. The summed E-state index contributed by atoms with van der Waals surface area (Å²) in [5.41, 5.74) is 7.75. The first kappa shape index (κ1) is 102. The molecule has 5 aromatic rings. The molecule has 19 rings (SSSR count). The molecule has 1 amide bonds. The van der Waals surface area contributed by atoms with Crippen LogP contribution in [0.15, 0.2) is 109 Å². The van der Waals surface area contributed by atoms with Gasteiger partial charge in [-0.15, -0.1) is 0 Å². The van der Waals surface area contributed by atoms with Gasteiger partial charge in [0.15, 0.2) is 49.2 Å². The van der Waals surface area contributed by atoms with Gasteiger partial charge in [-0.05, 0) is 273 Å². The number of nitrogens with zero attached hydrogens (tertiary/aromatic N) is 11. The molecule has 12 fully saturated rings. The highest BCUT2D eigenvalue weighted by Crippen LogP contribution is 2.49. The number of sulfone groups is 5. The summed E-state index contributed by atoms with van der Waals surface area (Å²) in [4.78, 5) is 39.6. The normalized spacial score (nSPS) is 27.2. The molecule has 6 saturated heterocycles. The van der Waals surface area contributed by atoms with E-state index < -0.39 is 49.2 Å². The predicted molar refractivity (Wildman–Crippen MR) is 542 cm³/mol. The Balaban J connectivity index is 0.000000127. The maximum atomic E-state index is 12.1. The Labute approximate surface area is 819 Å². The van der Waals surface area contributed by atoms with Gasteiger partial charge in [-0.3, -0.25) is 24.5 Å². The van der Waals surface area contributed by atoms with E-state index in [0.717, 1.165) is 268 Å². The zero-order valence-corrected chi connectivity index (χ0v) is 87.7. The van der Waals surface area contributed by atoms with Gasteiger partial charge in [0.1, 0.15) is 0 Å². The van der Waals surface area contributed by atoms with E-state index in [1.165, 1.54) is 134 Å². The predicted octanol–water partition coefficient (Wildman–Crippen LogP) is 17.1. The third-order valence-corrected chi connectivity index (χ3v) is 39.5. The molecule has 6 heterocycles. The Kier molecular flexibility index (Phi) is 33.1. The maximum Gasteiger partial charge on any atom is 0.409 e. The lowest BCUT2D eigenvalue weighted by molar-refractivity contribution is 0.0729. The lowest BCUT2D eigenvalue weighted by atomic mass is 9.84. The first-order valence-electron chi connectivity index (χ1n) is 48.7. The van der Waals surface area contributed by atoms with Gasteiger partial charge in [0.25, 0.3) is 0 Å². The van der Waals surface area contributed by atoms with Crippen LogP contribution < -0.4 is 24.5 Å². The SMILES string of the molecule is CCOC(=O)N1CCC(N2CCN(c3cc(S(C)(=O)=O)c(C)cc3Cl)CC2)CC1.Cc1cc(Cl)c(N2CCN(C3CC4CCC(C4)C3)CC2)cc1S(C)(=O)=O.Cc1cc(Cl)c(N2CCN(C3CCC4CCC3C4)CC2)cc1S(C)(=O)=O.Cc1cc(Cl)c(N2CCN(C[C@@H]3C[C@H]4C=C[C@@H]3C4)CC2)cc1S(C)(=O)=O.Cc1cc(Cl)c(N2CCN(C[C@@H]3C[C@H]4C=C[C@@H]3C4)CC2)cc1S(C)(=O)=O. The Morgan fingerprint density at radius 2 is 0.624 bits per heavy atom. The average molecular weight is 2030 g/mol. The molecule has 5 aromatic carbocycles. The van der Waals surface area contributed by atoms with Crippen molar-refractivity contribution in [1.29, 1.82) is 0 Å². The summed E-state index contributed by atoms with van der Waals surface area (Å²) in [5.74, 6) is 8.69. The van der Waals surface area contributed by atoms with Crippen molar-refractivity contribution in [2.45, 2.75) is 187 Å². The van der Waals surface area contributed by atoms with Crippen LogP contribution in [0.2, 0.25) is 25.1 Å². The van der Waals surface area contributed by atoms with Gasteiger partial charge in [0.2, 0.25) is 0 Å². The highest BCUT2D eigenvalue weighted by atomic mass is 35.5. The van der Waals surface area contributed by atoms with Crippen molar-refractivity contribution in [3.05, 3.63) is 138 Å². The Hall–Kier alpha value is -5.15. The highest BCUT2D eigenvalue weighted by molar-refractivity contribution is 7.91. The smallest absolute Gasteiger partial charge is 0.409 e. The van der Waals surface area contributed by atoms with Crippen molar-refractivity contribution in [1.82, 2.24) is 29.4 Å². The molecular weight excluding hydrogens is 1880 g/mol.